The van der Waals surface area contributed by atoms with Crippen LogP contribution in [-0.2, 0) is 6.42 Å². The molecule has 0 saturated carbocycles. The summed E-state index contributed by atoms with van der Waals surface area (Å²) in [5, 5.41) is 6.84. The van der Waals surface area contributed by atoms with E-state index in [1.165, 1.54) is 17.8 Å². The van der Waals surface area contributed by atoms with Gasteiger partial charge in [-0.1, -0.05) is 12.1 Å². The minimum absolute atomic E-state index is 0.704. The molecule has 1 rings (SSSR count). The Labute approximate surface area is 82.5 Å². The molecule has 1 aromatic rings. The van der Waals surface area contributed by atoms with Crippen molar-refractivity contribution in [3.05, 3.63) is 12.2 Å². The quantitative estimate of drug-likeness (QED) is 0.666. The van der Waals surface area contributed by atoms with Crippen molar-refractivity contribution in [2.75, 3.05) is 24.6 Å². The topological polar surface area (TPSA) is 51.0 Å². The molecule has 1 aromatic heterocycles. The highest BCUT2D eigenvalue weighted by molar-refractivity contribution is 7.99. The normalized spacial score (nSPS) is 10.5. The summed E-state index contributed by atoms with van der Waals surface area (Å²) in [7, 11) is 0. The molecular formula is C8H15N3OS. The minimum Gasteiger partial charge on any atom is -0.340 e. The number of nitrogens with one attached hydrogen (secondary N) is 1. The van der Waals surface area contributed by atoms with E-state index >= 15 is 0 Å². The number of nitrogens with zero attached hydrogens (tertiary/aromatic N) is 2. The van der Waals surface area contributed by atoms with Gasteiger partial charge in [0.05, 0.1) is 0 Å². The summed E-state index contributed by atoms with van der Waals surface area (Å²) in [6.07, 6.45) is 2.25. The van der Waals surface area contributed by atoms with Crippen LogP contribution in [0.15, 0.2) is 10.9 Å². The third-order valence-electron chi connectivity index (χ3n) is 1.55. The van der Waals surface area contributed by atoms with Crippen LogP contribution in [0.5, 0.6) is 0 Å². The van der Waals surface area contributed by atoms with Gasteiger partial charge in [-0.2, -0.15) is 16.7 Å². The highest BCUT2D eigenvalue weighted by atomic mass is 32.2. The Morgan fingerprint density at radius 1 is 1.54 bits per heavy atom. The van der Waals surface area contributed by atoms with Crippen LogP contribution in [0.1, 0.15) is 12.8 Å². The third kappa shape index (κ3) is 4.90. The van der Waals surface area contributed by atoms with Crippen LogP contribution < -0.4 is 5.32 Å². The number of thioether (sulfide) groups is 1. The molecule has 0 bridgehead atoms. The zero-order valence-corrected chi connectivity index (χ0v) is 8.64. The van der Waals surface area contributed by atoms with Gasteiger partial charge in [0.25, 0.3) is 0 Å². The van der Waals surface area contributed by atoms with E-state index in [1.807, 2.05) is 11.8 Å². The second-order valence-electron chi connectivity index (χ2n) is 2.53. The van der Waals surface area contributed by atoms with E-state index in [-0.39, 0.29) is 0 Å². The molecule has 0 aliphatic rings. The van der Waals surface area contributed by atoms with Crippen molar-refractivity contribution >= 4 is 11.8 Å². The molecule has 0 spiro atoms. The maximum Gasteiger partial charge on any atom is 0.227 e. The fourth-order valence-corrected chi connectivity index (χ4v) is 1.49. The van der Waals surface area contributed by atoms with Crippen molar-refractivity contribution in [2.24, 2.45) is 0 Å². The maximum absolute atomic E-state index is 4.85. The molecule has 0 aliphatic carbocycles. The SMILES string of the molecule is CCSCCNCCc1ncno1. The monoisotopic (exact) mass is 201 g/mol. The number of aromatic nitrogens is 2. The summed E-state index contributed by atoms with van der Waals surface area (Å²) in [4.78, 5) is 3.93. The van der Waals surface area contributed by atoms with Crippen LogP contribution >= 0.6 is 11.8 Å². The standard InChI is InChI=1S/C8H15N3OS/c1-2-13-6-5-9-4-3-8-10-7-11-12-8/h7,9H,2-6H2,1H3. The molecule has 0 saturated heterocycles. The molecule has 74 valence electrons. The summed E-state index contributed by atoms with van der Waals surface area (Å²) in [6, 6.07) is 0. The fraction of sp³-hybridized carbons (Fsp3) is 0.750. The molecular weight excluding hydrogens is 186 g/mol. The zero-order valence-electron chi connectivity index (χ0n) is 7.82. The van der Waals surface area contributed by atoms with Gasteiger partial charge in [-0.3, -0.25) is 0 Å². The van der Waals surface area contributed by atoms with E-state index in [0.717, 1.165) is 19.5 Å². The molecule has 4 nitrogen and oxygen atoms in total. The van der Waals surface area contributed by atoms with Crippen molar-refractivity contribution in [1.82, 2.24) is 15.5 Å². The molecule has 0 amide bonds. The van der Waals surface area contributed by atoms with Gasteiger partial charge in [-0.25, -0.2) is 0 Å². The second-order valence-corrected chi connectivity index (χ2v) is 3.93. The van der Waals surface area contributed by atoms with Crippen molar-refractivity contribution in [1.29, 1.82) is 0 Å². The molecule has 0 fully saturated rings. The number of hydrogen-bond acceptors (Lipinski definition) is 5. The minimum atomic E-state index is 0.704. The van der Waals surface area contributed by atoms with Gasteiger partial charge in [0, 0.05) is 25.3 Å². The highest BCUT2D eigenvalue weighted by Crippen LogP contribution is 1.95. The van der Waals surface area contributed by atoms with E-state index < -0.39 is 0 Å². The van der Waals surface area contributed by atoms with Crippen LogP contribution in [0.25, 0.3) is 0 Å². The number of rotatable bonds is 7. The molecule has 0 atom stereocenters. The van der Waals surface area contributed by atoms with E-state index in [9.17, 15) is 0 Å². The molecule has 0 radical (unpaired) electrons. The van der Waals surface area contributed by atoms with Gasteiger partial charge in [0.2, 0.25) is 5.89 Å². The lowest BCUT2D eigenvalue weighted by molar-refractivity contribution is 0.375. The Morgan fingerprint density at radius 2 is 2.46 bits per heavy atom. The average Bonchev–Trinajstić information content (AvgIpc) is 2.63. The molecule has 0 aromatic carbocycles. The first-order chi connectivity index (χ1) is 6.43. The Bertz CT molecular complexity index is 203. The first-order valence-corrected chi connectivity index (χ1v) is 5.63. The predicted molar refractivity (Wildman–Crippen MR) is 53.9 cm³/mol. The van der Waals surface area contributed by atoms with Gasteiger partial charge in [0.1, 0.15) is 0 Å². The lowest BCUT2D eigenvalue weighted by Crippen LogP contribution is -2.20. The van der Waals surface area contributed by atoms with Gasteiger partial charge < -0.3 is 9.84 Å². The summed E-state index contributed by atoms with van der Waals surface area (Å²) in [6.45, 7) is 4.13. The molecule has 0 unspecified atom stereocenters. The Morgan fingerprint density at radius 3 is 3.15 bits per heavy atom. The molecule has 1 heterocycles. The molecule has 5 heteroatoms. The first-order valence-electron chi connectivity index (χ1n) is 4.47. The summed E-state index contributed by atoms with van der Waals surface area (Å²) in [5.74, 6) is 3.06. The average molecular weight is 201 g/mol. The summed E-state index contributed by atoms with van der Waals surface area (Å²) in [5.41, 5.74) is 0. The van der Waals surface area contributed by atoms with Gasteiger partial charge in [-0.05, 0) is 5.75 Å². The fourth-order valence-electron chi connectivity index (χ4n) is 0.915. The maximum atomic E-state index is 4.85. The molecule has 1 N–H and O–H groups in total. The number of hydrogen-bond donors (Lipinski definition) is 1. The highest BCUT2D eigenvalue weighted by Gasteiger charge is 1.96. The van der Waals surface area contributed by atoms with Gasteiger partial charge in [0.15, 0.2) is 6.33 Å². The lowest BCUT2D eigenvalue weighted by Gasteiger charge is -2.00. The van der Waals surface area contributed by atoms with Crippen molar-refractivity contribution in [3.8, 4) is 0 Å². The van der Waals surface area contributed by atoms with E-state index in [2.05, 4.69) is 22.4 Å². The summed E-state index contributed by atoms with van der Waals surface area (Å²) >= 11 is 1.94. The van der Waals surface area contributed by atoms with Crippen LogP contribution in [0, 0.1) is 0 Å². The lowest BCUT2D eigenvalue weighted by atomic mass is 10.4. The zero-order chi connectivity index (χ0) is 9.36. The van der Waals surface area contributed by atoms with Crippen LogP contribution in [0.4, 0.5) is 0 Å². The van der Waals surface area contributed by atoms with Crippen LogP contribution in [-0.4, -0.2) is 34.7 Å². The van der Waals surface area contributed by atoms with Crippen molar-refractivity contribution < 1.29 is 4.52 Å². The Hall–Kier alpha value is -0.550. The van der Waals surface area contributed by atoms with Crippen molar-refractivity contribution in [2.45, 2.75) is 13.3 Å². The Balaban J connectivity index is 1.90. The molecule has 13 heavy (non-hydrogen) atoms. The smallest absolute Gasteiger partial charge is 0.227 e. The van der Waals surface area contributed by atoms with Gasteiger partial charge in [-0.15, -0.1) is 0 Å². The predicted octanol–water partition coefficient (Wildman–Crippen LogP) is 0.955. The van der Waals surface area contributed by atoms with Gasteiger partial charge >= 0.3 is 0 Å². The Kier molecular flexibility index (Phi) is 5.60. The van der Waals surface area contributed by atoms with Crippen molar-refractivity contribution in [3.63, 3.8) is 0 Å². The third-order valence-corrected chi connectivity index (χ3v) is 2.45. The van der Waals surface area contributed by atoms with E-state index in [0.29, 0.717) is 5.89 Å². The summed E-state index contributed by atoms with van der Waals surface area (Å²) < 4.78 is 4.85. The van der Waals surface area contributed by atoms with Crippen LogP contribution in [0.2, 0.25) is 0 Å². The first kappa shape index (κ1) is 10.5. The van der Waals surface area contributed by atoms with E-state index in [4.69, 9.17) is 4.52 Å². The van der Waals surface area contributed by atoms with E-state index in [1.54, 1.807) is 0 Å². The second kappa shape index (κ2) is 6.91. The molecule has 0 aliphatic heterocycles. The van der Waals surface area contributed by atoms with Crippen LogP contribution in [0.3, 0.4) is 0 Å². The largest absolute Gasteiger partial charge is 0.340 e.